The number of nitrogens with zero attached hydrogens (tertiary/aromatic N) is 1. The van der Waals surface area contributed by atoms with Gasteiger partial charge in [-0.1, -0.05) is 36.2 Å². The molecule has 1 saturated heterocycles. The van der Waals surface area contributed by atoms with Crippen molar-refractivity contribution < 1.29 is 18.0 Å². The number of benzene rings is 2. The van der Waals surface area contributed by atoms with Crippen LogP contribution in [0, 0.1) is 20.8 Å². The van der Waals surface area contributed by atoms with E-state index in [1.807, 2.05) is 32.9 Å². The number of anilines is 1. The van der Waals surface area contributed by atoms with Gasteiger partial charge in [-0.3, -0.25) is 9.59 Å². The second kappa shape index (κ2) is 9.62. The minimum atomic E-state index is -3.80. The quantitative estimate of drug-likeness (QED) is 0.718. The minimum absolute atomic E-state index is 0.172. The lowest BCUT2D eigenvalue weighted by molar-refractivity contribution is -0.127. The molecule has 1 heterocycles. The lowest BCUT2D eigenvalue weighted by Gasteiger charge is -2.33. The summed E-state index contributed by atoms with van der Waals surface area (Å²) in [4.78, 5) is 25.3. The van der Waals surface area contributed by atoms with Crippen molar-refractivity contribution >= 4 is 27.5 Å². The predicted molar refractivity (Wildman–Crippen MR) is 120 cm³/mol. The van der Waals surface area contributed by atoms with Crippen LogP contribution in [0.25, 0.3) is 0 Å². The molecule has 2 N–H and O–H groups in total. The summed E-state index contributed by atoms with van der Waals surface area (Å²) in [5, 5.41) is 5.41. The Balaban J connectivity index is 1.67. The van der Waals surface area contributed by atoms with Gasteiger partial charge in [-0.15, -0.1) is 0 Å². The second-order valence-corrected chi connectivity index (χ2v) is 9.84. The zero-order valence-corrected chi connectivity index (χ0v) is 19.0. The topological polar surface area (TPSA) is 95.6 Å². The Morgan fingerprint density at radius 3 is 2.45 bits per heavy atom. The molecule has 0 saturated carbocycles. The van der Waals surface area contributed by atoms with Crippen molar-refractivity contribution in [2.24, 2.45) is 0 Å². The zero-order chi connectivity index (χ0) is 22.6. The van der Waals surface area contributed by atoms with Crippen LogP contribution in [0.5, 0.6) is 0 Å². The van der Waals surface area contributed by atoms with Crippen LogP contribution in [-0.2, 0) is 19.6 Å². The first-order valence-corrected chi connectivity index (χ1v) is 11.9. The molecule has 1 atom stereocenters. The lowest BCUT2D eigenvalue weighted by Crippen LogP contribution is -2.52. The van der Waals surface area contributed by atoms with Gasteiger partial charge < -0.3 is 10.6 Å². The van der Waals surface area contributed by atoms with Crippen LogP contribution >= 0.6 is 0 Å². The van der Waals surface area contributed by atoms with Crippen LogP contribution in [-0.4, -0.2) is 43.7 Å². The summed E-state index contributed by atoms with van der Waals surface area (Å²) < 4.78 is 27.5. The standard InChI is InChI=1S/C23H29N3O4S/c1-16-10-12-19(13-11-16)31(29,30)26-14-5-4-9-21(26)23(28)24-15-22(27)25-20-8-6-7-17(2)18(20)3/h6-8,10-13,21H,4-5,9,14-15H2,1-3H3,(H,24,28)(H,25,27)/t21-/m0/s1. The van der Waals surface area contributed by atoms with E-state index in [2.05, 4.69) is 10.6 Å². The predicted octanol–water partition coefficient (Wildman–Crippen LogP) is 2.91. The Hall–Kier alpha value is -2.71. The van der Waals surface area contributed by atoms with E-state index in [9.17, 15) is 18.0 Å². The van der Waals surface area contributed by atoms with Crippen LogP contribution in [0.3, 0.4) is 0 Å². The average molecular weight is 444 g/mol. The van der Waals surface area contributed by atoms with Gasteiger partial charge in [0.25, 0.3) is 0 Å². The monoisotopic (exact) mass is 443 g/mol. The van der Waals surface area contributed by atoms with Crippen molar-refractivity contribution in [2.45, 2.75) is 51.0 Å². The van der Waals surface area contributed by atoms with E-state index in [1.54, 1.807) is 30.3 Å². The summed E-state index contributed by atoms with van der Waals surface area (Å²) in [5.74, 6) is -0.808. The van der Waals surface area contributed by atoms with E-state index in [0.29, 0.717) is 18.5 Å². The highest BCUT2D eigenvalue weighted by atomic mass is 32.2. The van der Waals surface area contributed by atoms with Crippen LogP contribution in [0.4, 0.5) is 5.69 Å². The molecular formula is C23H29N3O4S. The molecule has 0 bridgehead atoms. The summed E-state index contributed by atoms with van der Waals surface area (Å²) in [6.45, 7) is 5.82. The molecule has 0 radical (unpaired) electrons. The Bertz CT molecular complexity index is 1060. The SMILES string of the molecule is Cc1ccc(S(=O)(=O)N2CCCC[C@H]2C(=O)NCC(=O)Nc2cccc(C)c2C)cc1. The van der Waals surface area contributed by atoms with Crippen molar-refractivity contribution in [3.63, 3.8) is 0 Å². The summed E-state index contributed by atoms with van der Waals surface area (Å²) in [6.07, 6.45) is 1.88. The maximum atomic E-state index is 13.1. The first-order valence-electron chi connectivity index (χ1n) is 10.4. The van der Waals surface area contributed by atoms with Crippen LogP contribution in [0.1, 0.15) is 36.0 Å². The second-order valence-electron chi connectivity index (χ2n) is 7.95. The largest absolute Gasteiger partial charge is 0.346 e. The first-order chi connectivity index (χ1) is 14.7. The molecule has 8 heteroatoms. The Morgan fingerprint density at radius 1 is 1.03 bits per heavy atom. The lowest BCUT2D eigenvalue weighted by atomic mass is 10.0. The minimum Gasteiger partial charge on any atom is -0.346 e. The van der Waals surface area contributed by atoms with Gasteiger partial charge in [0.1, 0.15) is 6.04 Å². The van der Waals surface area contributed by atoms with E-state index < -0.39 is 22.0 Å². The summed E-state index contributed by atoms with van der Waals surface area (Å²) in [6, 6.07) is 11.4. The number of sulfonamides is 1. The molecule has 1 fully saturated rings. The van der Waals surface area contributed by atoms with Crippen molar-refractivity contribution in [3.8, 4) is 0 Å². The molecule has 0 aromatic heterocycles. The molecule has 31 heavy (non-hydrogen) atoms. The summed E-state index contributed by atoms with van der Waals surface area (Å²) in [5.41, 5.74) is 3.67. The van der Waals surface area contributed by atoms with E-state index >= 15 is 0 Å². The number of aryl methyl sites for hydroxylation is 2. The fraction of sp³-hybridized carbons (Fsp3) is 0.391. The number of nitrogens with one attached hydrogen (secondary N) is 2. The van der Waals surface area contributed by atoms with Crippen LogP contribution < -0.4 is 10.6 Å². The number of hydrogen-bond acceptors (Lipinski definition) is 4. The average Bonchev–Trinajstić information content (AvgIpc) is 2.75. The molecule has 0 spiro atoms. The molecule has 2 aromatic rings. The number of amides is 2. The molecule has 1 aliphatic rings. The van der Waals surface area contributed by atoms with Gasteiger partial charge in [-0.2, -0.15) is 4.31 Å². The highest BCUT2D eigenvalue weighted by molar-refractivity contribution is 7.89. The maximum absolute atomic E-state index is 13.1. The summed E-state index contributed by atoms with van der Waals surface area (Å²) >= 11 is 0. The molecular weight excluding hydrogens is 414 g/mol. The molecule has 2 aromatic carbocycles. The number of rotatable bonds is 6. The zero-order valence-electron chi connectivity index (χ0n) is 18.1. The molecule has 0 unspecified atom stereocenters. The Kier molecular flexibility index (Phi) is 7.12. The van der Waals surface area contributed by atoms with E-state index in [-0.39, 0.29) is 23.9 Å². The van der Waals surface area contributed by atoms with Crippen LogP contribution in [0.15, 0.2) is 47.4 Å². The highest BCUT2D eigenvalue weighted by Crippen LogP contribution is 2.26. The first kappa shape index (κ1) is 23.0. The van der Waals surface area contributed by atoms with Crippen molar-refractivity contribution in [3.05, 3.63) is 59.2 Å². The third-order valence-corrected chi connectivity index (χ3v) is 7.61. The number of carbonyl (C=O) groups excluding carboxylic acids is 2. The number of piperidine rings is 1. The van der Waals surface area contributed by atoms with Gasteiger partial charge in [0.2, 0.25) is 21.8 Å². The van der Waals surface area contributed by atoms with Gasteiger partial charge in [0, 0.05) is 12.2 Å². The number of hydrogen-bond donors (Lipinski definition) is 2. The third-order valence-electron chi connectivity index (χ3n) is 5.69. The molecule has 7 nitrogen and oxygen atoms in total. The molecule has 166 valence electrons. The van der Waals surface area contributed by atoms with E-state index in [0.717, 1.165) is 23.1 Å². The van der Waals surface area contributed by atoms with Gasteiger partial charge in [0.15, 0.2) is 0 Å². The molecule has 1 aliphatic heterocycles. The Morgan fingerprint density at radius 2 is 1.74 bits per heavy atom. The van der Waals surface area contributed by atoms with Gasteiger partial charge in [-0.25, -0.2) is 8.42 Å². The van der Waals surface area contributed by atoms with E-state index in [1.165, 1.54) is 4.31 Å². The number of carbonyl (C=O) groups is 2. The molecule has 2 amide bonds. The van der Waals surface area contributed by atoms with Crippen molar-refractivity contribution in [2.75, 3.05) is 18.4 Å². The third kappa shape index (κ3) is 5.32. The normalized spacial score (nSPS) is 17.2. The fourth-order valence-corrected chi connectivity index (χ4v) is 5.32. The van der Waals surface area contributed by atoms with Gasteiger partial charge in [-0.05, 0) is 62.9 Å². The van der Waals surface area contributed by atoms with Crippen LogP contribution in [0.2, 0.25) is 0 Å². The molecule has 3 rings (SSSR count). The smallest absolute Gasteiger partial charge is 0.243 e. The van der Waals surface area contributed by atoms with Gasteiger partial charge in [0.05, 0.1) is 11.4 Å². The molecule has 0 aliphatic carbocycles. The highest BCUT2D eigenvalue weighted by Gasteiger charge is 2.37. The van der Waals surface area contributed by atoms with Crippen molar-refractivity contribution in [1.82, 2.24) is 9.62 Å². The fourth-order valence-electron chi connectivity index (χ4n) is 3.67. The van der Waals surface area contributed by atoms with Gasteiger partial charge >= 0.3 is 0 Å². The van der Waals surface area contributed by atoms with E-state index in [4.69, 9.17) is 0 Å². The van der Waals surface area contributed by atoms with Crippen molar-refractivity contribution in [1.29, 1.82) is 0 Å². The maximum Gasteiger partial charge on any atom is 0.243 e. The summed E-state index contributed by atoms with van der Waals surface area (Å²) in [7, 11) is -3.80. The Labute approximate surface area is 183 Å².